The van der Waals surface area contributed by atoms with E-state index in [-0.39, 0.29) is 30.3 Å². The van der Waals surface area contributed by atoms with Gasteiger partial charge in [-0.3, -0.25) is 4.79 Å². The van der Waals surface area contributed by atoms with Crippen LogP contribution >= 0.6 is 12.4 Å². The molecule has 2 atom stereocenters. The minimum atomic E-state index is 0. The second-order valence-corrected chi connectivity index (χ2v) is 5.07. The monoisotopic (exact) mass is 298 g/mol. The number of nitrogens with two attached hydrogens (primary N) is 1. The molecule has 0 aliphatic heterocycles. The fraction of sp³-hybridized carbons (Fsp3) is 0.533. The van der Waals surface area contributed by atoms with Crippen molar-refractivity contribution in [3.63, 3.8) is 0 Å². The molecule has 0 aromatic heterocycles. The first-order chi connectivity index (χ1) is 9.19. The van der Waals surface area contributed by atoms with Crippen molar-refractivity contribution in [1.29, 1.82) is 0 Å². The Bertz CT molecular complexity index is 440. The van der Waals surface area contributed by atoms with Crippen LogP contribution in [0.15, 0.2) is 24.3 Å². The van der Waals surface area contributed by atoms with Gasteiger partial charge in [-0.25, -0.2) is 0 Å². The fourth-order valence-corrected chi connectivity index (χ4v) is 2.50. The number of hydrogen-bond acceptors (Lipinski definition) is 3. The van der Waals surface area contributed by atoms with Crippen LogP contribution in [0.25, 0.3) is 0 Å². The van der Waals surface area contributed by atoms with E-state index in [0.29, 0.717) is 13.2 Å². The summed E-state index contributed by atoms with van der Waals surface area (Å²) < 4.78 is 5.44. The molecule has 4 nitrogen and oxygen atoms in total. The summed E-state index contributed by atoms with van der Waals surface area (Å²) in [6, 6.07) is 8.01. The highest BCUT2D eigenvalue weighted by Gasteiger charge is 2.27. The second-order valence-electron chi connectivity index (χ2n) is 5.07. The van der Waals surface area contributed by atoms with Gasteiger partial charge in [-0.05, 0) is 43.9 Å². The quantitative estimate of drug-likeness (QED) is 0.876. The molecular formula is C15H23ClN2O2. The first kappa shape index (κ1) is 16.8. The summed E-state index contributed by atoms with van der Waals surface area (Å²) >= 11 is 0. The summed E-state index contributed by atoms with van der Waals surface area (Å²) in [5.74, 6) is 1.05. The number of benzene rings is 1. The highest BCUT2D eigenvalue weighted by atomic mass is 35.5. The summed E-state index contributed by atoms with van der Waals surface area (Å²) in [6.45, 7) is 3.15. The van der Waals surface area contributed by atoms with E-state index in [9.17, 15) is 4.79 Å². The lowest BCUT2D eigenvalue weighted by molar-refractivity contribution is -0.125. The number of amides is 1. The molecule has 1 aromatic carbocycles. The molecule has 0 radical (unpaired) electrons. The molecule has 1 saturated carbocycles. The average molecular weight is 299 g/mol. The molecule has 1 aromatic rings. The number of nitrogens with one attached hydrogen (secondary N) is 1. The summed E-state index contributed by atoms with van der Waals surface area (Å²) in [7, 11) is 0. The van der Waals surface area contributed by atoms with E-state index in [0.717, 1.165) is 30.6 Å². The third-order valence-corrected chi connectivity index (χ3v) is 3.52. The molecular weight excluding hydrogens is 276 g/mol. The number of ether oxygens (including phenoxy) is 1. The Kier molecular flexibility index (Phi) is 6.82. The SMILES string of the molecule is CCOc1cccc(CNC(=O)C2CCC(N)C2)c1.Cl. The summed E-state index contributed by atoms with van der Waals surface area (Å²) in [6.07, 6.45) is 2.68. The lowest BCUT2D eigenvalue weighted by atomic mass is 10.1. The Labute approximate surface area is 126 Å². The van der Waals surface area contributed by atoms with Gasteiger partial charge < -0.3 is 15.8 Å². The van der Waals surface area contributed by atoms with Crippen molar-refractivity contribution in [1.82, 2.24) is 5.32 Å². The third-order valence-electron chi connectivity index (χ3n) is 3.52. The van der Waals surface area contributed by atoms with Crippen LogP contribution in [0.5, 0.6) is 5.75 Å². The predicted molar refractivity (Wildman–Crippen MR) is 82.0 cm³/mol. The first-order valence-corrected chi connectivity index (χ1v) is 6.94. The van der Waals surface area contributed by atoms with Gasteiger partial charge in [-0.15, -0.1) is 12.4 Å². The lowest BCUT2D eigenvalue weighted by Crippen LogP contribution is -2.29. The molecule has 1 fully saturated rings. The van der Waals surface area contributed by atoms with Crippen LogP contribution in [0.3, 0.4) is 0 Å². The minimum Gasteiger partial charge on any atom is -0.494 e. The van der Waals surface area contributed by atoms with Crippen molar-refractivity contribution >= 4 is 18.3 Å². The maximum absolute atomic E-state index is 12.0. The molecule has 0 bridgehead atoms. The zero-order valence-corrected chi connectivity index (χ0v) is 12.6. The van der Waals surface area contributed by atoms with Gasteiger partial charge in [0.1, 0.15) is 5.75 Å². The molecule has 0 saturated heterocycles. The Morgan fingerprint density at radius 1 is 1.45 bits per heavy atom. The normalized spacial score (nSPS) is 21.1. The van der Waals surface area contributed by atoms with Crippen LogP contribution < -0.4 is 15.8 Å². The molecule has 3 N–H and O–H groups in total. The van der Waals surface area contributed by atoms with Gasteiger partial charge in [0.05, 0.1) is 6.61 Å². The van der Waals surface area contributed by atoms with Crippen LogP contribution in [0.2, 0.25) is 0 Å². The Hall–Kier alpha value is -1.26. The van der Waals surface area contributed by atoms with Crippen LogP contribution in [-0.4, -0.2) is 18.6 Å². The summed E-state index contributed by atoms with van der Waals surface area (Å²) in [5.41, 5.74) is 6.88. The van der Waals surface area contributed by atoms with Crippen LogP contribution in [0.4, 0.5) is 0 Å². The van der Waals surface area contributed by atoms with Gasteiger partial charge >= 0.3 is 0 Å². The fourth-order valence-electron chi connectivity index (χ4n) is 2.50. The smallest absolute Gasteiger partial charge is 0.223 e. The van der Waals surface area contributed by atoms with Crippen LogP contribution in [0.1, 0.15) is 31.7 Å². The van der Waals surface area contributed by atoms with Gasteiger partial charge in [-0.2, -0.15) is 0 Å². The molecule has 5 heteroatoms. The summed E-state index contributed by atoms with van der Waals surface area (Å²) in [4.78, 5) is 12.0. The van der Waals surface area contributed by atoms with Gasteiger partial charge in [0.2, 0.25) is 5.91 Å². The number of halogens is 1. The van der Waals surface area contributed by atoms with E-state index in [1.54, 1.807) is 0 Å². The first-order valence-electron chi connectivity index (χ1n) is 6.94. The lowest BCUT2D eigenvalue weighted by Gasteiger charge is -2.11. The number of carbonyl (C=O) groups is 1. The van der Waals surface area contributed by atoms with Gasteiger partial charge in [0, 0.05) is 18.5 Å². The van der Waals surface area contributed by atoms with Crippen LogP contribution in [-0.2, 0) is 11.3 Å². The standard InChI is InChI=1S/C15H22N2O2.ClH/c1-2-19-14-5-3-4-11(8-14)10-17-15(18)12-6-7-13(16)9-12;/h3-5,8,12-13H,2,6-7,9-10,16H2,1H3,(H,17,18);1H. The van der Waals surface area contributed by atoms with Crippen molar-refractivity contribution in [2.24, 2.45) is 11.7 Å². The maximum Gasteiger partial charge on any atom is 0.223 e. The van der Waals surface area contributed by atoms with Gasteiger partial charge in [-0.1, -0.05) is 12.1 Å². The molecule has 1 aliphatic carbocycles. The van der Waals surface area contributed by atoms with E-state index in [1.807, 2.05) is 31.2 Å². The highest BCUT2D eigenvalue weighted by molar-refractivity contribution is 5.85. The highest BCUT2D eigenvalue weighted by Crippen LogP contribution is 2.24. The molecule has 0 heterocycles. The average Bonchev–Trinajstić information content (AvgIpc) is 2.84. The number of hydrogen-bond donors (Lipinski definition) is 2. The minimum absolute atomic E-state index is 0. The number of rotatable bonds is 5. The molecule has 1 amide bonds. The maximum atomic E-state index is 12.0. The molecule has 2 unspecified atom stereocenters. The van der Waals surface area contributed by atoms with Crippen molar-refractivity contribution < 1.29 is 9.53 Å². The van der Waals surface area contributed by atoms with Gasteiger partial charge in [0.25, 0.3) is 0 Å². The van der Waals surface area contributed by atoms with Crippen molar-refractivity contribution in [2.75, 3.05) is 6.61 Å². The van der Waals surface area contributed by atoms with Crippen molar-refractivity contribution in [2.45, 2.75) is 38.8 Å². The van der Waals surface area contributed by atoms with Crippen molar-refractivity contribution in [3.05, 3.63) is 29.8 Å². The third kappa shape index (κ3) is 4.69. The second kappa shape index (κ2) is 8.12. The zero-order valence-electron chi connectivity index (χ0n) is 11.8. The largest absolute Gasteiger partial charge is 0.494 e. The predicted octanol–water partition coefficient (Wildman–Crippen LogP) is 2.25. The topological polar surface area (TPSA) is 64.3 Å². The molecule has 2 rings (SSSR count). The Morgan fingerprint density at radius 3 is 2.90 bits per heavy atom. The molecule has 20 heavy (non-hydrogen) atoms. The Balaban J connectivity index is 0.00000200. The van der Waals surface area contributed by atoms with Gasteiger partial charge in [0.15, 0.2) is 0 Å². The number of carbonyl (C=O) groups excluding carboxylic acids is 1. The van der Waals surface area contributed by atoms with E-state index in [2.05, 4.69) is 5.32 Å². The van der Waals surface area contributed by atoms with Crippen LogP contribution in [0, 0.1) is 5.92 Å². The summed E-state index contributed by atoms with van der Waals surface area (Å²) in [5, 5.41) is 2.98. The van der Waals surface area contributed by atoms with Crippen molar-refractivity contribution in [3.8, 4) is 5.75 Å². The zero-order chi connectivity index (χ0) is 13.7. The van der Waals surface area contributed by atoms with E-state index in [1.165, 1.54) is 0 Å². The van der Waals surface area contributed by atoms with E-state index >= 15 is 0 Å². The Morgan fingerprint density at radius 2 is 2.25 bits per heavy atom. The molecule has 112 valence electrons. The van der Waals surface area contributed by atoms with E-state index in [4.69, 9.17) is 10.5 Å². The van der Waals surface area contributed by atoms with E-state index < -0.39 is 0 Å². The molecule has 0 spiro atoms. The molecule has 1 aliphatic rings.